The summed E-state index contributed by atoms with van der Waals surface area (Å²) in [6.07, 6.45) is 2.16. The van der Waals surface area contributed by atoms with E-state index < -0.39 is 5.91 Å². The Labute approximate surface area is 84.4 Å². The Hall–Kier alpha value is -1.26. The fraction of sp³-hybridized carbons (Fsp3) is 0.778. The molecule has 5 heteroatoms. The van der Waals surface area contributed by atoms with Crippen LogP contribution in [0.15, 0.2) is 0 Å². The highest BCUT2D eigenvalue weighted by molar-refractivity contribution is 5.77. The molecule has 0 spiro atoms. The van der Waals surface area contributed by atoms with Crippen LogP contribution in [0.25, 0.3) is 0 Å². The molecule has 0 saturated carbocycles. The maximum absolute atomic E-state index is 11.1. The highest BCUT2D eigenvalue weighted by Crippen LogP contribution is 1.88. The summed E-state index contributed by atoms with van der Waals surface area (Å²) in [5.74, 6) is -0.411. The van der Waals surface area contributed by atoms with Crippen molar-refractivity contribution >= 4 is 11.9 Å². The van der Waals surface area contributed by atoms with Gasteiger partial charge in [-0.05, 0) is 13.3 Å². The molecule has 0 fully saturated rings. The Kier molecular flexibility index (Phi) is 6.53. The first-order valence-corrected chi connectivity index (χ1v) is 4.89. The number of carbonyl (C=O) groups is 2. The van der Waals surface area contributed by atoms with Crippen molar-refractivity contribution in [3.05, 3.63) is 0 Å². The number of carbonyl (C=O) groups excluding carboxylic acids is 2. The molecule has 0 aliphatic rings. The van der Waals surface area contributed by atoms with Gasteiger partial charge in [-0.25, -0.2) is 4.79 Å². The zero-order chi connectivity index (χ0) is 11.0. The first-order chi connectivity index (χ1) is 6.56. The van der Waals surface area contributed by atoms with Crippen LogP contribution in [0.1, 0.15) is 33.1 Å². The van der Waals surface area contributed by atoms with Gasteiger partial charge in [0.15, 0.2) is 0 Å². The summed E-state index contributed by atoms with van der Waals surface area (Å²) >= 11 is 0. The largest absolute Gasteiger partial charge is 0.370 e. The van der Waals surface area contributed by atoms with E-state index in [1.807, 2.05) is 0 Å². The molecule has 0 saturated heterocycles. The van der Waals surface area contributed by atoms with Crippen molar-refractivity contribution in [2.45, 2.75) is 39.2 Å². The van der Waals surface area contributed by atoms with Gasteiger partial charge in [0.2, 0.25) is 5.91 Å². The van der Waals surface area contributed by atoms with E-state index in [1.54, 1.807) is 6.92 Å². The van der Waals surface area contributed by atoms with Crippen molar-refractivity contribution in [3.63, 3.8) is 0 Å². The molecule has 0 rings (SSSR count). The third-order valence-corrected chi connectivity index (χ3v) is 1.70. The quantitative estimate of drug-likeness (QED) is 0.542. The lowest BCUT2D eigenvalue weighted by molar-refractivity contribution is -0.118. The number of nitrogens with two attached hydrogens (primary N) is 1. The molecule has 14 heavy (non-hydrogen) atoms. The second-order valence-electron chi connectivity index (χ2n) is 3.33. The van der Waals surface area contributed by atoms with Gasteiger partial charge >= 0.3 is 6.03 Å². The van der Waals surface area contributed by atoms with E-state index in [0.717, 1.165) is 12.8 Å². The van der Waals surface area contributed by atoms with Crippen LogP contribution in [-0.4, -0.2) is 24.5 Å². The predicted molar refractivity (Wildman–Crippen MR) is 54.7 cm³/mol. The highest BCUT2D eigenvalue weighted by Gasteiger charge is 2.08. The lowest BCUT2D eigenvalue weighted by Gasteiger charge is -2.12. The lowest BCUT2D eigenvalue weighted by atomic mass is 10.2. The molecule has 0 radical (unpaired) electrons. The molecule has 5 nitrogen and oxygen atoms in total. The van der Waals surface area contributed by atoms with Gasteiger partial charge in [-0.3, -0.25) is 4.79 Å². The topological polar surface area (TPSA) is 84.2 Å². The van der Waals surface area contributed by atoms with Crippen molar-refractivity contribution in [2.24, 2.45) is 5.73 Å². The minimum absolute atomic E-state index is 0.168. The van der Waals surface area contributed by atoms with Crippen LogP contribution < -0.4 is 16.4 Å². The van der Waals surface area contributed by atoms with Crippen LogP contribution in [0.3, 0.4) is 0 Å². The Bertz CT molecular complexity index is 194. The van der Waals surface area contributed by atoms with Gasteiger partial charge in [-0.1, -0.05) is 13.3 Å². The van der Waals surface area contributed by atoms with E-state index in [-0.39, 0.29) is 18.5 Å². The standard InChI is InChI=1S/C9H19N3O2/c1-3-4-5-11-9(14)12-7(2)6-8(10)13/h7H,3-6H2,1-2H3,(H2,10,13)(H2,11,12,14). The first kappa shape index (κ1) is 12.7. The predicted octanol–water partition coefficient (Wildman–Crippen LogP) is 0.350. The number of hydrogen-bond acceptors (Lipinski definition) is 2. The number of amides is 3. The van der Waals surface area contributed by atoms with Crippen LogP contribution in [0.2, 0.25) is 0 Å². The number of rotatable bonds is 6. The van der Waals surface area contributed by atoms with Gasteiger partial charge < -0.3 is 16.4 Å². The SMILES string of the molecule is CCCCNC(=O)NC(C)CC(N)=O. The second-order valence-corrected chi connectivity index (χ2v) is 3.33. The molecule has 4 N–H and O–H groups in total. The number of primary amides is 1. The summed E-state index contributed by atoms with van der Waals surface area (Å²) in [5, 5.41) is 5.30. The van der Waals surface area contributed by atoms with Crippen molar-refractivity contribution < 1.29 is 9.59 Å². The Balaban J connectivity index is 3.55. The Morgan fingerprint density at radius 2 is 2.07 bits per heavy atom. The lowest BCUT2D eigenvalue weighted by Crippen LogP contribution is -2.42. The summed E-state index contributed by atoms with van der Waals surface area (Å²) in [6, 6.07) is -0.457. The van der Waals surface area contributed by atoms with Crippen molar-refractivity contribution in [3.8, 4) is 0 Å². The molecule has 0 aliphatic carbocycles. The number of unbranched alkanes of at least 4 members (excludes halogenated alkanes) is 1. The van der Waals surface area contributed by atoms with Crippen LogP contribution >= 0.6 is 0 Å². The van der Waals surface area contributed by atoms with E-state index in [1.165, 1.54) is 0 Å². The van der Waals surface area contributed by atoms with Crippen LogP contribution in [0.4, 0.5) is 4.79 Å². The van der Waals surface area contributed by atoms with E-state index in [2.05, 4.69) is 17.6 Å². The van der Waals surface area contributed by atoms with Crippen LogP contribution in [0, 0.1) is 0 Å². The monoisotopic (exact) mass is 201 g/mol. The molecule has 0 aromatic rings. The van der Waals surface area contributed by atoms with Gasteiger partial charge in [-0.15, -0.1) is 0 Å². The molecule has 0 aromatic heterocycles. The number of nitrogens with one attached hydrogen (secondary N) is 2. The normalized spacial score (nSPS) is 11.9. The van der Waals surface area contributed by atoms with E-state index >= 15 is 0 Å². The molecule has 0 aliphatic heterocycles. The summed E-state index contributed by atoms with van der Waals surface area (Å²) < 4.78 is 0. The zero-order valence-electron chi connectivity index (χ0n) is 8.80. The number of urea groups is 1. The average Bonchev–Trinajstić information content (AvgIpc) is 2.02. The maximum atomic E-state index is 11.1. The highest BCUT2D eigenvalue weighted by atomic mass is 16.2. The molecule has 0 heterocycles. The van der Waals surface area contributed by atoms with Gasteiger partial charge in [-0.2, -0.15) is 0 Å². The maximum Gasteiger partial charge on any atom is 0.315 e. The van der Waals surface area contributed by atoms with Gasteiger partial charge in [0.05, 0.1) is 0 Å². The van der Waals surface area contributed by atoms with Crippen molar-refractivity contribution in [1.29, 1.82) is 0 Å². The van der Waals surface area contributed by atoms with Crippen molar-refractivity contribution in [1.82, 2.24) is 10.6 Å². The summed E-state index contributed by atoms with van der Waals surface area (Å²) in [6.45, 7) is 4.45. The molecule has 3 amide bonds. The van der Waals surface area contributed by atoms with Gasteiger partial charge in [0.1, 0.15) is 0 Å². The summed E-state index contributed by atoms with van der Waals surface area (Å²) in [5.41, 5.74) is 4.98. The Morgan fingerprint density at radius 1 is 1.43 bits per heavy atom. The minimum atomic E-state index is -0.411. The molecule has 0 bridgehead atoms. The van der Waals surface area contributed by atoms with E-state index in [4.69, 9.17) is 5.73 Å². The molecular weight excluding hydrogens is 182 g/mol. The first-order valence-electron chi connectivity index (χ1n) is 4.89. The van der Waals surface area contributed by atoms with Crippen molar-refractivity contribution in [2.75, 3.05) is 6.54 Å². The minimum Gasteiger partial charge on any atom is -0.370 e. The zero-order valence-corrected chi connectivity index (χ0v) is 8.80. The van der Waals surface area contributed by atoms with Gasteiger partial charge in [0.25, 0.3) is 0 Å². The molecule has 82 valence electrons. The smallest absolute Gasteiger partial charge is 0.315 e. The molecule has 0 aromatic carbocycles. The molecular formula is C9H19N3O2. The fourth-order valence-electron chi connectivity index (χ4n) is 1.01. The van der Waals surface area contributed by atoms with Crippen LogP contribution in [0.5, 0.6) is 0 Å². The van der Waals surface area contributed by atoms with E-state index in [0.29, 0.717) is 6.54 Å². The Morgan fingerprint density at radius 3 is 2.57 bits per heavy atom. The fourth-order valence-corrected chi connectivity index (χ4v) is 1.01. The van der Waals surface area contributed by atoms with Crippen LogP contribution in [-0.2, 0) is 4.79 Å². The average molecular weight is 201 g/mol. The molecule has 1 atom stereocenters. The van der Waals surface area contributed by atoms with Gasteiger partial charge in [0, 0.05) is 19.0 Å². The summed E-state index contributed by atoms with van der Waals surface area (Å²) in [4.78, 5) is 21.6. The second kappa shape index (κ2) is 7.17. The third-order valence-electron chi connectivity index (χ3n) is 1.70. The summed E-state index contributed by atoms with van der Waals surface area (Å²) in [7, 11) is 0. The third kappa shape index (κ3) is 7.39. The van der Waals surface area contributed by atoms with E-state index in [9.17, 15) is 9.59 Å². The number of hydrogen-bond donors (Lipinski definition) is 3. The molecule has 1 unspecified atom stereocenters.